The Morgan fingerprint density at radius 3 is 2.48 bits per heavy atom. The number of ether oxygens (including phenoxy) is 2. The van der Waals surface area contributed by atoms with Crippen molar-refractivity contribution in [3.8, 4) is 23.3 Å². The number of carbonyl (C=O) groups excluding carboxylic acids is 1. The molecule has 0 saturated carbocycles. The summed E-state index contributed by atoms with van der Waals surface area (Å²) < 4.78 is 10.4. The van der Waals surface area contributed by atoms with Crippen molar-refractivity contribution in [2.24, 2.45) is 0 Å². The second kappa shape index (κ2) is 9.73. The Balaban J connectivity index is 1.90. The van der Waals surface area contributed by atoms with E-state index in [0.717, 1.165) is 5.56 Å². The number of phenols is 1. The highest BCUT2D eigenvalue weighted by molar-refractivity contribution is 5.97. The van der Waals surface area contributed by atoms with Gasteiger partial charge in [0, 0.05) is 18.4 Å². The van der Waals surface area contributed by atoms with Crippen molar-refractivity contribution in [2.45, 2.75) is 6.42 Å². The molecule has 2 rings (SSSR count). The van der Waals surface area contributed by atoms with Crippen LogP contribution in [-0.4, -0.2) is 31.8 Å². The van der Waals surface area contributed by atoms with Crippen LogP contribution in [0.1, 0.15) is 5.56 Å². The Kier molecular flexibility index (Phi) is 7.08. The summed E-state index contributed by atoms with van der Waals surface area (Å²) in [5.41, 5.74) is 1.58. The number of benzene rings is 2. The number of hydrogen-bond donors (Lipinski definition) is 3. The van der Waals surface area contributed by atoms with Crippen molar-refractivity contribution in [1.82, 2.24) is 5.32 Å². The van der Waals surface area contributed by atoms with E-state index in [-0.39, 0.29) is 11.3 Å². The quantitative estimate of drug-likeness (QED) is 0.376. The molecular formula is C20H21N3O4. The molecule has 27 heavy (non-hydrogen) atoms. The highest BCUT2D eigenvalue weighted by Crippen LogP contribution is 2.27. The number of anilines is 1. The molecule has 0 atom stereocenters. The maximum atomic E-state index is 12.1. The van der Waals surface area contributed by atoms with Gasteiger partial charge < -0.3 is 25.2 Å². The number of aromatic hydroxyl groups is 1. The van der Waals surface area contributed by atoms with Gasteiger partial charge in [0.1, 0.15) is 17.4 Å². The van der Waals surface area contributed by atoms with E-state index in [0.29, 0.717) is 30.2 Å². The summed E-state index contributed by atoms with van der Waals surface area (Å²) in [6.45, 7) is 0.368. The molecule has 2 aromatic rings. The molecule has 140 valence electrons. The van der Waals surface area contributed by atoms with Gasteiger partial charge in [0.15, 0.2) is 11.5 Å². The third-order valence-corrected chi connectivity index (χ3v) is 3.76. The largest absolute Gasteiger partial charge is 0.508 e. The third-order valence-electron chi connectivity index (χ3n) is 3.76. The van der Waals surface area contributed by atoms with Crippen molar-refractivity contribution < 1.29 is 19.4 Å². The fourth-order valence-corrected chi connectivity index (χ4v) is 2.31. The standard InChI is InChI=1S/C20H21N3O4/c1-26-18-8-3-14(11-19(18)27-2)9-10-22-20(25)15(12-21)13-23-16-4-6-17(24)7-5-16/h3-8,11,13,23-24H,9-10H2,1-2H3,(H,22,25)/b15-13-. The lowest BCUT2D eigenvalue weighted by molar-refractivity contribution is -0.117. The van der Waals surface area contributed by atoms with Crippen molar-refractivity contribution in [3.05, 3.63) is 59.8 Å². The minimum atomic E-state index is -0.468. The average molecular weight is 367 g/mol. The minimum absolute atomic E-state index is 0.0459. The van der Waals surface area contributed by atoms with Crippen molar-refractivity contribution in [3.63, 3.8) is 0 Å². The normalized spacial score (nSPS) is 10.6. The first kappa shape index (κ1) is 19.7. The van der Waals surface area contributed by atoms with Crippen LogP contribution >= 0.6 is 0 Å². The van der Waals surface area contributed by atoms with E-state index in [1.807, 2.05) is 18.2 Å². The molecule has 7 nitrogen and oxygen atoms in total. The zero-order chi connectivity index (χ0) is 19.6. The van der Waals surface area contributed by atoms with Gasteiger partial charge in [-0.2, -0.15) is 5.26 Å². The number of nitrogens with one attached hydrogen (secondary N) is 2. The van der Waals surface area contributed by atoms with Crippen LogP contribution in [-0.2, 0) is 11.2 Å². The van der Waals surface area contributed by atoms with E-state index in [1.54, 1.807) is 32.4 Å². The van der Waals surface area contributed by atoms with E-state index >= 15 is 0 Å². The predicted octanol–water partition coefficient (Wildman–Crippen LogP) is 2.59. The van der Waals surface area contributed by atoms with Crippen molar-refractivity contribution in [1.29, 1.82) is 5.26 Å². The molecule has 0 spiro atoms. The summed E-state index contributed by atoms with van der Waals surface area (Å²) >= 11 is 0. The smallest absolute Gasteiger partial charge is 0.263 e. The molecule has 0 bridgehead atoms. The van der Waals surface area contributed by atoms with Crippen LogP contribution in [0.25, 0.3) is 0 Å². The van der Waals surface area contributed by atoms with Crippen molar-refractivity contribution >= 4 is 11.6 Å². The number of phenolic OH excluding ortho intramolecular Hbond substituents is 1. The Morgan fingerprint density at radius 2 is 1.85 bits per heavy atom. The summed E-state index contributed by atoms with van der Waals surface area (Å²) in [4.78, 5) is 12.1. The summed E-state index contributed by atoms with van der Waals surface area (Å²) in [5, 5.41) is 24.0. The lowest BCUT2D eigenvalue weighted by Gasteiger charge is -2.10. The monoisotopic (exact) mass is 367 g/mol. The van der Waals surface area contributed by atoms with Gasteiger partial charge in [0.05, 0.1) is 14.2 Å². The highest BCUT2D eigenvalue weighted by atomic mass is 16.5. The fraction of sp³-hybridized carbons (Fsp3) is 0.200. The van der Waals surface area contributed by atoms with Gasteiger partial charge in [-0.25, -0.2) is 0 Å². The van der Waals surface area contributed by atoms with Crippen LogP contribution in [0.15, 0.2) is 54.2 Å². The number of nitriles is 1. The van der Waals surface area contributed by atoms with Crippen LogP contribution in [0.3, 0.4) is 0 Å². The van der Waals surface area contributed by atoms with Gasteiger partial charge in [-0.15, -0.1) is 0 Å². The lowest BCUT2D eigenvalue weighted by Crippen LogP contribution is -2.27. The van der Waals surface area contributed by atoms with Crippen LogP contribution in [0.5, 0.6) is 17.2 Å². The zero-order valence-electron chi connectivity index (χ0n) is 15.2. The Bertz CT molecular complexity index is 855. The van der Waals surface area contributed by atoms with E-state index in [4.69, 9.17) is 9.47 Å². The molecule has 0 aliphatic rings. The molecule has 0 saturated heterocycles. The molecule has 0 heterocycles. The average Bonchev–Trinajstić information content (AvgIpc) is 2.69. The lowest BCUT2D eigenvalue weighted by atomic mass is 10.1. The van der Waals surface area contributed by atoms with Crippen LogP contribution in [0.4, 0.5) is 5.69 Å². The summed E-state index contributed by atoms with van der Waals surface area (Å²) in [6.07, 6.45) is 1.91. The van der Waals surface area contributed by atoms with Crippen LogP contribution < -0.4 is 20.1 Å². The zero-order valence-corrected chi connectivity index (χ0v) is 15.2. The van der Waals surface area contributed by atoms with Gasteiger partial charge >= 0.3 is 0 Å². The summed E-state index contributed by atoms with van der Waals surface area (Å²) in [7, 11) is 3.13. The second-order valence-electron chi connectivity index (χ2n) is 5.56. The number of nitrogens with zero attached hydrogens (tertiary/aromatic N) is 1. The van der Waals surface area contributed by atoms with Crippen LogP contribution in [0.2, 0.25) is 0 Å². The maximum Gasteiger partial charge on any atom is 0.263 e. The summed E-state index contributed by atoms with van der Waals surface area (Å²) in [6, 6.07) is 13.7. The third kappa shape index (κ3) is 5.68. The second-order valence-corrected chi connectivity index (χ2v) is 5.56. The molecule has 0 unspecified atom stereocenters. The number of amides is 1. The fourth-order valence-electron chi connectivity index (χ4n) is 2.31. The molecule has 0 radical (unpaired) electrons. The summed E-state index contributed by atoms with van der Waals surface area (Å²) in [5.74, 6) is 0.930. The number of methoxy groups -OCH3 is 2. The van der Waals surface area contributed by atoms with Gasteiger partial charge in [-0.3, -0.25) is 4.79 Å². The van der Waals surface area contributed by atoms with Gasteiger partial charge in [0.25, 0.3) is 5.91 Å². The first-order valence-corrected chi connectivity index (χ1v) is 8.22. The molecule has 0 aliphatic carbocycles. The van der Waals surface area contributed by atoms with Crippen molar-refractivity contribution in [2.75, 3.05) is 26.1 Å². The number of rotatable bonds is 8. The molecule has 7 heteroatoms. The molecule has 2 aromatic carbocycles. The Hall–Kier alpha value is -3.66. The Labute approximate surface area is 157 Å². The SMILES string of the molecule is COc1ccc(CCNC(=O)/C(C#N)=C\Nc2ccc(O)cc2)cc1OC. The molecule has 0 aromatic heterocycles. The predicted molar refractivity (Wildman–Crippen MR) is 102 cm³/mol. The molecule has 3 N–H and O–H groups in total. The molecule has 0 aliphatic heterocycles. The van der Waals surface area contributed by atoms with Gasteiger partial charge in [-0.1, -0.05) is 6.07 Å². The van der Waals surface area contributed by atoms with E-state index < -0.39 is 5.91 Å². The number of carbonyl (C=O) groups is 1. The minimum Gasteiger partial charge on any atom is -0.508 e. The molecule has 1 amide bonds. The topological polar surface area (TPSA) is 104 Å². The maximum absolute atomic E-state index is 12.1. The first-order valence-electron chi connectivity index (χ1n) is 8.22. The highest BCUT2D eigenvalue weighted by Gasteiger charge is 2.09. The number of hydrogen-bond acceptors (Lipinski definition) is 6. The van der Waals surface area contributed by atoms with E-state index in [1.165, 1.54) is 18.3 Å². The van der Waals surface area contributed by atoms with Crippen LogP contribution in [0, 0.1) is 11.3 Å². The van der Waals surface area contributed by atoms with Gasteiger partial charge in [-0.05, 0) is 48.4 Å². The van der Waals surface area contributed by atoms with E-state index in [9.17, 15) is 15.2 Å². The molecular weight excluding hydrogens is 346 g/mol. The first-order chi connectivity index (χ1) is 13.1. The van der Waals surface area contributed by atoms with E-state index in [2.05, 4.69) is 10.6 Å². The van der Waals surface area contributed by atoms with Gasteiger partial charge in [0.2, 0.25) is 0 Å². The molecule has 0 fully saturated rings. The Morgan fingerprint density at radius 1 is 1.15 bits per heavy atom.